The fourth-order valence-corrected chi connectivity index (χ4v) is 4.71. The maximum absolute atomic E-state index is 13.3. The monoisotopic (exact) mass is 429 g/mol. The van der Waals surface area contributed by atoms with E-state index < -0.39 is 10.0 Å². The van der Waals surface area contributed by atoms with Gasteiger partial charge in [-0.15, -0.1) is 0 Å². The summed E-state index contributed by atoms with van der Waals surface area (Å²) in [7, 11) is -2.35. The predicted molar refractivity (Wildman–Crippen MR) is 120 cm³/mol. The average molecular weight is 430 g/mol. The third kappa shape index (κ3) is 4.20. The van der Waals surface area contributed by atoms with E-state index in [4.69, 9.17) is 4.74 Å². The van der Waals surface area contributed by atoms with Crippen LogP contribution in [0, 0.1) is 18.8 Å². The van der Waals surface area contributed by atoms with Gasteiger partial charge >= 0.3 is 0 Å². The van der Waals surface area contributed by atoms with Crippen molar-refractivity contribution < 1.29 is 13.2 Å². The number of anilines is 1. The molecule has 0 fully saturated rings. The molecule has 0 amide bonds. The Labute approximate surface area is 181 Å². The van der Waals surface area contributed by atoms with Gasteiger partial charge in [0.1, 0.15) is 10.6 Å². The number of hydrogen-bond acceptors (Lipinski definition) is 5. The Morgan fingerprint density at radius 3 is 2.58 bits per heavy atom. The second-order valence-electron chi connectivity index (χ2n) is 6.76. The van der Waals surface area contributed by atoms with Crippen molar-refractivity contribution in [3.8, 4) is 17.6 Å². The number of rotatable bonds is 4. The highest BCUT2D eigenvalue weighted by Gasteiger charge is 2.22. The number of para-hydroxylation sites is 1. The van der Waals surface area contributed by atoms with Gasteiger partial charge in [-0.2, -0.15) is 0 Å². The highest BCUT2D eigenvalue weighted by atomic mass is 32.2. The maximum Gasteiger partial charge on any atom is 0.264 e. The van der Waals surface area contributed by atoms with Crippen molar-refractivity contribution in [1.82, 2.24) is 9.97 Å². The minimum Gasteiger partial charge on any atom is -0.495 e. The fraction of sp³-hybridized carbons (Fsp3) is 0.0833. The number of methoxy groups -OCH3 is 1. The first kappa shape index (κ1) is 20.4. The van der Waals surface area contributed by atoms with E-state index in [2.05, 4.69) is 26.5 Å². The standard InChI is InChI=1S/C24H19N3O3S/c1-17-9-10-19-7-5-14-26-23(19)24(17)31(28,29)27-21-8-4-3-6-18(21)11-12-20-16-25-15-13-22(20)30-2/h3-10,13-16,27H,1-2H3. The first-order chi connectivity index (χ1) is 15.0. The predicted octanol–water partition coefficient (Wildman–Crippen LogP) is 4.15. The Bertz CT molecular complexity index is 1440. The number of ether oxygens (including phenoxy) is 1. The molecule has 2 aromatic heterocycles. The van der Waals surface area contributed by atoms with Crippen molar-refractivity contribution in [2.75, 3.05) is 11.8 Å². The summed E-state index contributed by atoms with van der Waals surface area (Å²) in [6.07, 6.45) is 4.80. The molecule has 4 aromatic rings. The van der Waals surface area contributed by atoms with Crippen LogP contribution in [0.3, 0.4) is 0 Å². The Morgan fingerprint density at radius 2 is 1.74 bits per heavy atom. The van der Waals surface area contributed by atoms with Gasteiger partial charge in [0.15, 0.2) is 0 Å². The molecule has 2 heterocycles. The maximum atomic E-state index is 13.3. The molecular formula is C24H19N3O3S. The zero-order chi connectivity index (χ0) is 21.8. The van der Waals surface area contributed by atoms with Gasteiger partial charge in [-0.05, 0) is 36.8 Å². The highest BCUT2D eigenvalue weighted by Crippen LogP contribution is 2.27. The first-order valence-electron chi connectivity index (χ1n) is 9.46. The van der Waals surface area contributed by atoms with Crippen LogP contribution in [0.15, 0.2) is 78.1 Å². The third-order valence-corrected chi connectivity index (χ3v) is 6.24. The highest BCUT2D eigenvalue weighted by molar-refractivity contribution is 7.93. The van der Waals surface area contributed by atoms with Gasteiger partial charge in [0.05, 0.1) is 23.9 Å². The minimum atomic E-state index is -3.91. The summed E-state index contributed by atoms with van der Waals surface area (Å²) in [6, 6.07) is 15.9. The van der Waals surface area contributed by atoms with Gasteiger partial charge in [0.25, 0.3) is 10.0 Å². The van der Waals surface area contributed by atoms with Crippen LogP contribution in [-0.4, -0.2) is 25.5 Å². The molecule has 7 heteroatoms. The molecule has 1 N–H and O–H groups in total. The minimum absolute atomic E-state index is 0.155. The van der Waals surface area contributed by atoms with E-state index in [0.29, 0.717) is 33.6 Å². The van der Waals surface area contributed by atoms with Crippen LogP contribution in [0.1, 0.15) is 16.7 Å². The van der Waals surface area contributed by atoms with E-state index in [1.807, 2.05) is 12.1 Å². The van der Waals surface area contributed by atoms with Crippen molar-refractivity contribution in [3.05, 3.63) is 89.9 Å². The van der Waals surface area contributed by atoms with Crippen LogP contribution in [0.2, 0.25) is 0 Å². The van der Waals surface area contributed by atoms with Crippen molar-refractivity contribution in [1.29, 1.82) is 0 Å². The second-order valence-corrected chi connectivity index (χ2v) is 8.38. The lowest BCUT2D eigenvalue weighted by Crippen LogP contribution is -2.16. The normalized spacial score (nSPS) is 10.9. The molecule has 0 spiro atoms. The quantitative estimate of drug-likeness (QED) is 0.493. The molecule has 0 saturated carbocycles. The van der Waals surface area contributed by atoms with E-state index >= 15 is 0 Å². The van der Waals surface area contributed by atoms with Gasteiger partial charge in [-0.1, -0.05) is 42.2 Å². The van der Waals surface area contributed by atoms with E-state index in [-0.39, 0.29) is 4.90 Å². The summed E-state index contributed by atoms with van der Waals surface area (Å²) in [5.74, 6) is 6.62. The molecule has 0 bridgehead atoms. The number of pyridine rings is 2. The summed E-state index contributed by atoms with van der Waals surface area (Å²) in [5, 5.41) is 0.755. The summed E-state index contributed by atoms with van der Waals surface area (Å²) >= 11 is 0. The van der Waals surface area contributed by atoms with E-state index in [9.17, 15) is 8.42 Å². The SMILES string of the molecule is COc1ccncc1C#Cc1ccccc1NS(=O)(=O)c1c(C)ccc2cccnc12. The van der Waals surface area contributed by atoms with Crippen LogP contribution in [0.25, 0.3) is 10.9 Å². The molecule has 6 nitrogen and oxygen atoms in total. The lowest BCUT2D eigenvalue weighted by Gasteiger charge is -2.13. The van der Waals surface area contributed by atoms with Crippen LogP contribution < -0.4 is 9.46 Å². The molecule has 0 aliphatic rings. The third-order valence-electron chi connectivity index (χ3n) is 4.70. The molecule has 0 aliphatic carbocycles. The van der Waals surface area contributed by atoms with E-state index in [1.54, 1.807) is 75.1 Å². The van der Waals surface area contributed by atoms with Gasteiger partial charge < -0.3 is 4.74 Å². The summed E-state index contributed by atoms with van der Waals surface area (Å²) in [5.41, 5.74) is 2.56. The number of fused-ring (bicyclic) bond motifs is 1. The molecular weight excluding hydrogens is 410 g/mol. The second kappa shape index (κ2) is 8.46. The molecule has 0 aliphatic heterocycles. The van der Waals surface area contributed by atoms with Crippen LogP contribution in [0.4, 0.5) is 5.69 Å². The van der Waals surface area contributed by atoms with Gasteiger partial charge in [0, 0.05) is 29.5 Å². The Morgan fingerprint density at radius 1 is 0.935 bits per heavy atom. The molecule has 0 unspecified atom stereocenters. The number of sulfonamides is 1. The van der Waals surface area contributed by atoms with E-state index in [1.165, 1.54) is 0 Å². The van der Waals surface area contributed by atoms with Crippen LogP contribution in [0.5, 0.6) is 5.75 Å². The smallest absolute Gasteiger partial charge is 0.264 e. The topological polar surface area (TPSA) is 81.2 Å². The van der Waals surface area contributed by atoms with E-state index in [0.717, 1.165) is 5.39 Å². The van der Waals surface area contributed by atoms with Crippen LogP contribution in [-0.2, 0) is 10.0 Å². The number of nitrogens with zero attached hydrogens (tertiary/aromatic N) is 2. The molecule has 0 saturated heterocycles. The Kier molecular flexibility index (Phi) is 5.56. The summed E-state index contributed by atoms with van der Waals surface area (Å²) < 4.78 is 34.6. The Balaban J connectivity index is 1.76. The lowest BCUT2D eigenvalue weighted by molar-refractivity contribution is 0.413. The van der Waals surface area contributed by atoms with Crippen molar-refractivity contribution in [3.63, 3.8) is 0 Å². The van der Waals surface area contributed by atoms with Crippen LogP contribution >= 0.6 is 0 Å². The average Bonchev–Trinajstić information content (AvgIpc) is 2.78. The molecule has 154 valence electrons. The molecule has 2 aromatic carbocycles. The number of aryl methyl sites for hydroxylation is 1. The summed E-state index contributed by atoms with van der Waals surface area (Å²) in [6.45, 7) is 1.75. The molecule has 31 heavy (non-hydrogen) atoms. The first-order valence-corrected chi connectivity index (χ1v) is 10.9. The number of hydrogen-bond donors (Lipinski definition) is 1. The van der Waals surface area contributed by atoms with Gasteiger partial charge in [-0.25, -0.2) is 8.42 Å². The molecule has 0 atom stereocenters. The largest absolute Gasteiger partial charge is 0.495 e. The zero-order valence-electron chi connectivity index (χ0n) is 17.0. The lowest BCUT2D eigenvalue weighted by atomic mass is 10.1. The Hall–Kier alpha value is -3.89. The van der Waals surface area contributed by atoms with Crippen molar-refractivity contribution in [2.45, 2.75) is 11.8 Å². The fourth-order valence-electron chi connectivity index (χ4n) is 3.22. The van der Waals surface area contributed by atoms with Crippen molar-refractivity contribution >= 4 is 26.6 Å². The van der Waals surface area contributed by atoms with Crippen molar-refractivity contribution in [2.24, 2.45) is 0 Å². The number of nitrogens with one attached hydrogen (secondary N) is 1. The summed E-state index contributed by atoms with van der Waals surface area (Å²) in [4.78, 5) is 8.52. The number of aromatic nitrogens is 2. The zero-order valence-corrected chi connectivity index (χ0v) is 17.8. The molecule has 4 rings (SSSR count). The van der Waals surface area contributed by atoms with Gasteiger partial charge in [-0.3, -0.25) is 14.7 Å². The number of benzene rings is 2. The molecule has 0 radical (unpaired) electrons. The van der Waals surface area contributed by atoms with Gasteiger partial charge in [0.2, 0.25) is 0 Å².